The highest BCUT2D eigenvalue weighted by Gasteiger charge is 2.09. The van der Waals surface area contributed by atoms with Crippen molar-refractivity contribution in [2.45, 2.75) is 19.4 Å². The molecule has 2 N–H and O–H groups in total. The van der Waals surface area contributed by atoms with E-state index in [0.29, 0.717) is 5.56 Å². The predicted molar refractivity (Wildman–Crippen MR) is 55.1 cm³/mol. The van der Waals surface area contributed by atoms with Gasteiger partial charge in [-0.25, -0.2) is 0 Å². The molecule has 1 aromatic carbocycles. The van der Waals surface area contributed by atoms with E-state index in [1.54, 1.807) is 12.1 Å². The highest BCUT2D eigenvalue weighted by atomic mass is 16.3. The molecule has 1 aromatic rings. The molecular weight excluding hydrogens is 178 g/mol. The number of carbonyl (C=O) groups excluding carboxylic acids is 1. The molecule has 3 heteroatoms. The van der Waals surface area contributed by atoms with Gasteiger partial charge >= 0.3 is 0 Å². The maximum atomic E-state index is 11.6. The molecule has 1 atom stereocenters. The van der Waals surface area contributed by atoms with Gasteiger partial charge in [0.25, 0.3) is 5.91 Å². The minimum atomic E-state index is -0.150. The number of amides is 1. The van der Waals surface area contributed by atoms with Gasteiger partial charge in [0.05, 0.1) is 12.6 Å². The molecule has 14 heavy (non-hydrogen) atoms. The first-order chi connectivity index (χ1) is 6.77. The fourth-order valence-electron chi connectivity index (χ4n) is 1.14. The largest absolute Gasteiger partial charge is 0.394 e. The number of aliphatic hydroxyl groups is 1. The number of benzene rings is 1. The van der Waals surface area contributed by atoms with Crippen molar-refractivity contribution in [2.75, 3.05) is 6.61 Å². The number of aliphatic hydroxyl groups excluding tert-OH is 1. The van der Waals surface area contributed by atoms with Gasteiger partial charge in [-0.15, -0.1) is 0 Å². The minimum absolute atomic E-state index is 0.0188. The van der Waals surface area contributed by atoms with E-state index >= 15 is 0 Å². The third-order valence-corrected chi connectivity index (χ3v) is 2.08. The number of hydrogen-bond donors (Lipinski definition) is 2. The Morgan fingerprint density at radius 3 is 2.57 bits per heavy atom. The predicted octanol–water partition coefficient (Wildman–Crippen LogP) is 1.19. The smallest absolute Gasteiger partial charge is 0.251 e. The number of nitrogens with one attached hydrogen (secondary N) is 1. The molecule has 1 rings (SSSR count). The summed E-state index contributed by atoms with van der Waals surface area (Å²) in [6.45, 7) is 1.90. The Morgan fingerprint density at radius 1 is 1.43 bits per heavy atom. The van der Waals surface area contributed by atoms with Gasteiger partial charge in [0.2, 0.25) is 0 Å². The third-order valence-electron chi connectivity index (χ3n) is 2.08. The lowest BCUT2D eigenvalue weighted by Crippen LogP contribution is -2.36. The molecule has 0 aromatic heterocycles. The molecule has 76 valence electrons. The van der Waals surface area contributed by atoms with Gasteiger partial charge in [0.15, 0.2) is 0 Å². The summed E-state index contributed by atoms with van der Waals surface area (Å²) >= 11 is 0. The molecule has 1 unspecified atom stereocenters. The molecule has 0 spiro atoms. The zero-order valence-corrected chi connectivity index (χ0v) is 8.23. The van der Waals surface area contributed by atoms with E-state index in [4.69, 9.17) is 5.11 Å². The summed E-state index contributed by atoms with van der Waals surface area (Å²) < 4.78 is 0. The van der Waals surface area contributed by atoms with E-state index in [0.717, 1.165) is 6.42 Å². The van der Waals surface area contributed by atoms with Crippen molar-refractivity contribution in [3.05, 3.63) is 35.9 Å². The van der Waals surface area contributed by atoms with Crippen molar-refractivity contribution in [1.82, 2.24) is 5.32 Å². The summed E-state index contributed by atoms with van der Waals surface area (Å²) in [7, 11) is 0. The summed E-state index contributed by atoms with van der Waals surface area (Å²) in [5.74, 6) is -0.133. The molecule has 0 aliphatic heterocycles. The number of rotatable bonds is 4. The second-order valence-electron chi connectivity index (χ2n) is 3.13. The Balaban J connectivity index is 2.59. The summed E-state index contributed by atoms with van der Waals surface area (Å²) in [5, 5.41) is 11.7. The first kappa shape index (κ1) is 10.7. The lowest BCUT2D eigenvalue weighted by molar-refractivity contribution is 0.0915. The van der Waals surface area contributed by atoms with Crippen LogP contribution in [0.15, 0.2) is 30.3 Å². The summed E-state index contributed by atoms with van der Waals surface area (Å²) in [4.78, 5) is 11.6. The van der Waals surface area contributed by atoms with Crippen molar-refractivity contribution < 1.29 is 9.90 Å². The Kier molecular flexibility index (Phi) is 4.13. The number of hydrogen-bond acceptors (Lipinski definition) is 2. The van der Waals surface area contributed by atoms with E-state index in [-0.39, 0.29) is 18.6 Å². The number of carbonyl (C=O) groups is 1. The zero-order chi connectivity index (χ0) is 10.4. The van der Waals surface area contributed by atoms with E-state index in [2.05, 4.69) is 5.32 Å². The normalized spacial score (nSPS) is 12.1. The third kappa shape index (κ3) is 2.85. The van der Waals surface area contributed by atoms with Crippen LogP contribution in [0.2, 0.25) is 0 Å². The molecule has 0 aliphatic carbocycles. The Morgan fingerprint density at radius 2 is 2.07 bits per heavy atom. The van der Waals surface area contributed by atoms with Crippen molar-refractivity contribution >= 4 is 5.91 Å². The van der Waals surface area contributed by atoms with Crippen LogP contribution in [-0.4, -0.2) is 23.7 Å². The molecule has 0 heterocycles. The van der Waals surface area contributed by atoms with Crippen molar-refractivity contribution in [2.24, 2.45) is 0 Å². The topological polar surface area (TPSA) is 49.3 Å². The minimum Gasteiger partial charge on any atom is -0.394 e. The maximum Gasteiger partial charge on any atom is 0.251 e. The van der Waals surface area contributed by atoms with E-state index in [1.165, 1.54) is 0 Å². The molecule has 0 saturated heterocycles. The van der Waals surface area contributed by atoms with Crippen LogP contribution in [0.4, 0.5) is 0 Å². The van der Waals surface area contributed by atoms with Gasteiger partial charge < -0.3 is 10.4 Å². The van der Waals surface area contributed by atoms with Gasteiger partial charge in [0, 0.05) is 5.56 Å². The van der Waals surface area contributed by atoms with Crippen LogP contribution in [0.3, 0.4) is 0 Å². The summed E-state index contributed by atoms with van der Waals surface area (Å²) in [6.07, 6.45) is 0.731. The molecule has 1 amide bonds. The standard InChI is InChI=1S/C11H15NO2/c1-2-10(8-13)12-11(14)9-6-4-3-5-7-9/h3-7,10,13H,2,8H2,1H3,(H,12,14). The Bertz CT molecular complexity index is 281. The second-order valence-corrected chi connectivity index (χ2v) is 3.13. The molecule has 0 fully saturated rings. The zero-order valence-electron chi connectivity index (χ0n) is 8.23. The molecular formula is C11H15NO2. The van der Waals surface area contributed by atoms with Gasteiger partial charge in [0.1, 0.15) is 0 Å². The van der Waals surface area contributed by atoms with Crippen molar-refractivity contribution in [3.8, 4) is 0 Å². The first-order valence-corrected chi connectivity index (χ1v) is 4.74. The highest BCUT2D eigenvalue weighted by molar-refractivity contribution is 5.94. The van der Waals surface area contributed by atoms with Crippen LogP contribution >= 0.6 is 0 Å². The summed E-state index contributed by atoms with van der Waals surface area (Å²) in [5.41, 5.74) is 0.624. The van der Waals surface area contributed by atoms with Crippen LogP contribution in [0.5, 0.6) is 0 Å². The van der Waals surface area contributed by atoms with Gasteiger partial charge in [-0.3, -0.25) is 4.79 Å². The SMILES string of the molecule is CCC(CO)NC(=O)c1ccccc1. The van der Waals surface area contributed by atoms with Crippen molar-refractivity contribution in [3.63, 3.8) is 0 Å². The van der Waals surface area contributed by atoms with Gasteiger partial charge in [-0.05, 0) is 18.6 Å². The Labute approximate surface area is 83.8 Å². The van der Waals surface area contributed by atoms with Crippen LogP contribution in [0.25, 0.3) is 0 Å². The van der Waals surface area contributed by atoms with Gasteiger partial charge in [-0.2, -0.15) is 0 Å². The summed E-state index contributed by atoms with van der Waals surface area (Å²) in [6, 6.07) is 8.84. The van der Waals surface area contributed by atoms with Crippen LogP contribution < -0.4 is 5.32 Å². The lowest BCUT2D eigenvalue weighted by Gasteiger charge is -2.13. The van der Waals surface area contributed by atoms with E-state index in [9.17, 15) is 4.79 Å². The van der Waals surface area contributed by atoms with E-state index in [1.807, 2.05) is 25.1 Å². The van der Waals surface area contributed by atoms with Crippen molar-refractivity contribution in [1.29, 1.82) is 0 Å². The average Bonchev–Trinajstić information content (AvgIpc) is 2.26. The lowest BCUT2D eigenvalue weighted by atomic mass is 10.2. The fourth-order valence-corrected chi connectivity index (χ4v) is 1.14. The molecule has 0 saturated carbocycles. The fraction of sp³-hybridized carbons (Fsp3) is 0.364. The van der Waals surface area contributed by atoms with Crippen LogP contribution in [0, 0.1) is 0 Å². The quantitative estimate of drug-likeness (QED) is 0.754. The first-order valence-electron chi connectivity index (χ1n) is 4.74. The average molecular weight is 193 g/mol. The monoisotopic (exact) mass is 193 g/mol. The molecule has 3 nitrogen and oxygen atoms in total. The van der Waals surface area contributed by atoms with E-state index < -0.39 is 0 Å². The Hall–Kier alpha value is -1.35. The second kappa shape index (κ2) is 5.40. The molecule has 0 radical (unpaired) electrons. The van der Waals surface area contributed by atoms with Crippen LogP contribution in [0.1, 0.15) is 23.7 Å². The highest BCUT2D eigenvalue weighted by Crippen LogP contribution is 1.99. The molecule has 0 bridgehead atoms. The molecule has 0 aliphatic rings. The maximum absolute atomic E-state index is 11.6. The van der Waals surface area contributed by atoms with Gasteiger partial charge in [-0.1, -0.05) is 25.1 Å². The van der Waals surface area contributed by atoms with Crippen LogP contribution in [-0.2, 0) is 0 Å².